The Morgan fingerprint density at radius 2 is 1.32 bits per heavy atom. The molecule has 2 nitrogen and oxygen atoms in total. The van der Waals surface area contributed by atoms with E-state index in [1.54, 1.807) is 48.5 Å². The van der Waals surface area contributed by atoms with Crippen LogP contribution in [-0.2, 0) is 5.60 Å². The summed E-state index contributed by atoms with van der Waals surface area (Å²) in [7, 11) is 0. The van der Waals surface area contributed by atoms with E-state index in [-0.39, 0.29) is 11.3 Å². The van der Waals surface area contributed by atoms with E-state index >= 15 is 0 Å². The third-order valence-electron chi connectivity index (χ3n) is 4.18. The van der Waals surface area contributed by atoms with Gasteiger partial charge in [-0.05, 0) is 23.3 Å². The zero-order valence-corrected chi connectivity index (χ0v) is 13.2. The van der Waals surface area contributed by atoms with Gasteiger partial charge in [-0.25, -0.2) is 0 Å². The summed E-state index contributed by atoms with van der Waals surface area (Å²) in [5.74, 6) is -1.39. The molecule has 1 N–H and O–H groups in total. The first-order valence-electron chi connectivity index (χ1n) is 7.75. The predicted molar refractivity (Wildman–Crippen MR) is 88.9 cm³/mol. The van der Waals surface area contributed by atoms with E-state index in [0.29, 0.717) is 5.56 Å². The number of hydrogen-bond donors (Lipinski definition) is 1. The molecule has 0 aliphatic rings. The summed E-state index contributed by atoms with van der Waals surface area (Å²) in [6.07, 6.45) is -3.47. The van der Waals surface area contributed by atoms with Crippen molar-refractivity contribution < 1.29 is 18.3 Å². The van der Waals surface area contributed by atoms with Gasteiger partial charge in [-0.3, -0.25) is 4.98 Å². The van der Waals surface area contributed by atoms with Gasteiger partial charge in [-0.15, -0.1) is 0 Å². The number of halogens is 3. The molecule has 0 radical (unpaired) electrons. The Morgan fingerprint density at radius 3 is 1.84 bits per heavy atom. The first-order chi connectivity index (χ1) is 11.9. The van der Waals surface area contributed by atoms with E-state index in [9.17, 15) is 18.3 Å². The van der Waals surface area contributed by atoms with E-state index in [0.717, 1.165) is 0 Å². The van der Waals surface area contributed by atoms with Crippen molar-refractivity contribution in [3.8, 4) is 0 Å². The van der Waals surface area contributed by atoms with E-state index in [4.69, 9.17) is 0 Å². The molecule has 0 fully saturated rings. The predicted octanol–water partition coefficient (Wildman–Crippen LogP) is 4.66. The second kappa shape index (κ2) is 6.69. The SMILES string of the molecule is O[C@@](c1ccccc1)([C@@H](c1ccccc1)c1ccccn1)C(F)(F)F. The Bertz CT molecular complexity index is 767. The second-order valence-electron chi connectivity index (χ2n) is 5.73. The van der Waals surface area contributed by atoms with Crippen LogP contribution in [0.25, 0.3) is 0 Å². The van der Waals surface area contributed by atoms with Crippen LogP contribution in [0, 0.1) is 0 Å². The van der Waals surface area contributed by atoms with Crippen LogP contribution in [0.4, 0.5) is 13.2 Å². The van der Waals surface area contributed by atoms with Crippen LogP contribution < -0.4 is 0 Å². The minimum atomic E-state index is -4.90. The zero-order chi connectivity index (χ0) is 17.9. The summed E-state index contributed by atoms with van der Waals surface area (Å²) in [6.45, 7) is 0. The van der Waals surface area contributed by atoms with Crippen LogP contribution >= 0.6 is 0 Å². The molecule has 25 heavy (non-hydrogen) atoms. The Kier molecular flexibility index (Phi) is 4.59. The highest BCUT2D eigenvalue weighted by Gasteiger charge is 2.60. The zero-order valence-electron chi connectivity index (χ0n) is 13.2. The van der Waals surface area contributed by atoms with Gasteiger partial charge in [-0.1, -0.05) is 66.7 Å². The second-order valence-corrected chi connectivity index (χ2v) is 5.73. The number of nitrogens with zero attached hydrogens (tertiary/aromatic N) is 1. The summed E-state index contributed by atoms with van der Waals surface area (Å²) < 4.78 is 42.4. The van der Waals surface area contributed by atoms with E-state index in [2.05, 4.69) is 4.98 Å². The minimum absolute atomic E-state index is 0.150. The lowest BCUT2D eigenvalue weighted by Crippen LogP contribution is -2.48. The van der Waals surface area contributed by atoms with E-state index in [1.807, 2.05) is 0 Å². The van der Waals surface area contributed by atoms with E-state index < -0.39 is 17.7 Å². The minimum Gasteiger partial charge on any atom is -0.376 e. The lowest BCUT2D eigenvalue weighted by Gasteiger charge is -2.38. The number of rotatable bonds is 4. The third-order valence-corrected chi connectivity index (χ3v) is 4.18. The fraction of sp³-hybridized carbons (Fsp3) is 0.150. The summed E-state index contributed by atoms with van der Waals surface area (Å²) in [6, 6.07) is 20.0. The van der Waals surface area contributed by atoms with Gasteiger partial charge in [0.1, 0.15) is 0 Å². The fourth-order valence-electron chi connectivity index (χ4n) is 3.00. The molecule has 1 heterocycles. The monoisotopic (exact) mass is 343 g/mol. The number of alkyl halides is 3. The molecule has 3 rings (SSSR count). The van der Waals surface area contributed by atoms with Crippen molar-refractivity contribution in [2.75, 3.05) is 0 Å². The van der Waals surface area contributed by atoms with Gasteiger partial charge in [0, 0.05) is 6.20 Å². The smallest absolute Gasteiger partial charge is 0.376 e. The normalized spacial score (nSPS) is 15.4. The van der Waals surface area contributed by atoms with E-state index in [1.165, 1.54) is 36.5 Å². The molecule has 1 aromatic heterocycles. The maximum Gasteiger partial charge on any atom is 0.422 e. The van der Waals surface area contributed by atoms with Gasteiger partial charge in [-0.2, -0.15) is 13.2 Å². The van der Waals surface area contributed by atoms with Crippen molar-refractivity contribution in [2.45, 2.75) is 17.7 Å². The summed E-state index contributed by atoms with van der Waals surface area (Å²) in [4.78, 5) is 4.10. The molecule has 2 atom stereocenters. The quantitative estimate of drug-likeness (QED) is 0.747. The Hall–Kier alpha value is -2.66. The summed E-state index contributed by atoms with van der Waals surface area (Å²) >= 11 is 0. The number of benzene rings is 2. The van der Waals surface area contributed by atoms with Crippen molar-refractivity contribution in [3.63, 3.8) is 0 Å². The molecule has 0 bridgehead atoms. The van der Waals surface area contributed by atoms with Crippen molar-refractivity contribution in [3.05, 3.63) is 102 Å². The number of aliphatic hydroxyl groups is 1. The molecular formula is C20H16F3NO. The molecule has 0 amide bonds. The van der Waals surface area contributed by atoms with Crippen LogP contribution in [0.1, 0.15) is 22.7 Å². The molecule has 0 spiro atoms. The largest absolute Gasteiger partial charge is 0.422 e. The molecule has 0 aliphatic carbocycles. The highest BCUT2D eigenvalue weighted by molar-refractivity contribution is 5.39. The van der Waals surface area contributed by atoms with Gasteiger partial charge in [0.2, 0.25) is 0 Å². The number of pyridine rings is 1. The lowest BCUT2D eigenvalue weighted by molar-refractivity contribution is -0.272. The van der Waals surface area contributed by atoms with Gasteiger partial charge < -0.3 is 5.11 Å². The lowest BCUT2D eigenvalue weighted by atomic mass is 9.74. The molecule has 128 valence electrons. The van der Waals surface area contributed by atoms with Crippen LogP contribution in [-0.4, -0.2) is 16.3 Å². The van der Waals surface area contributed by atoms with Crippen LogP contribution in [0.2, 0.25) is 0 Å². The summed E-state index contributed by atoms with van der Waals surface area (Å²) in [5, 5.41) is 11.0. The molecule has 2 aromatic carbocycles. The highest BCUT2D eigenvalue weighted by Crippen LogP contribution is 2.50. The average Bonchev–Trinajstić information content (AvgIpc) is 2.63. The van der Waals surface area contributed by atoms with Crippen LogP contribution in [0.15, 0.2) is 85.1 Å². The third kappa shape index (κ3) is 3.15. The fourth-order valence-corrected chi connectivity index (χ4v) is 3.00. The Morgan fingerprint density at radius 1 is 0.760 bits per heavy atom. The highest BCUT2D eigenvalue weighted by atomic mass is 19.4. The summed E-state index contributed by atoms with van der Waals surface area (Å²) in [5.41, 5.74) is -2.84. The van der Waals surface area contributed by atoms with Crippen LogP contribution in [0.3, 0.4) is 0 Å². The number of aromatic nitrogens is 1. The average molecular weight is 343 g/mol. The number of hydrogen-bond acceptors (Lipinski definition) is 2. The van der Waals surface area contributed by atoms with Gasteiger partial charge in [0.25, 0.3) is 0 Å². The van der Waals surface area contributed by atoms with Crippen molar-refractivity contribution in [1.82, 2.24) is 4.98 Å². The standard InChI is InChI=1S/C20H16F3NO/c21-20(22,23)19(25,16-11-5-2-6-12-16)18(15-9-3-1-4-10-15)17-13-7-8-14-24-17/h1-14,18,25H/t18-,19-/m0/s1. The van der Waals surface area contributed by atoms with Gasteiger partial charge in [0.15, 0.2) is 5.60 Å². The Labute approximate surface area is 143 Å². The van der Waals surface area contributed by atoms with Gasteiger partial charge in [0.05, 0.1) is 11.6 Å². The Balaban J connectivity index is 2.29. The van der Waals surface area contributed by atoms with Gasteiger partial charge >= 0.3 is 6.18 Å². The molecule has 3 aromatic rings. The molecule has 0 aliphatic heterocycles. The first kappa shape index (κ1) is 17.2. The maximum absolute atomic E-state index is 14.1. The van der Waals surface area contributed by atoms with Crippen LogP contribution in [0.5, 0.6) is 0 Å². The maximum atomic E-state index is 14.1. The molecule has 0 unspecified atom stereocenters. The van der Waals surface area contributed by atoms with Crippen molar-refractivity contribution in [2.24, 2.45) is 0 Å². The first-order valence-corrected chi connectivity index (χ1v) is 7.75. The molecular weight excluding hydrogens is 327 g/mol. The molecule has 0 saturated carbocycles. The van der Waals surface area contributed by atoms with Crippen molar-refractivity contribution in [1.29, 1.82) is 0 Å². The van der Waals surface area contributed by atoms with Crippen molar-refractivity contribution >= 4 is 0 Å². The molecule has 0 saturated heterocycles. The topological polar surface area (TPSA) is 33.1 Å². The molecule has 5 heteroatoms.